The van der Waals surface area contributed by atoms with Gasteiger partial charge in [0, 0.05) is 23.1 Å². The summed E-state index contributed by atoms with van der Waals surface area (Å²) in [5.41, 5.74) is 2.71. The highest BCUT2D eigenvalue weighted by molar-refractivity contribution is 5.62. The monoisotopic (exact) mass is 335 g/mol. The lowest BCUT2D eigenvalue weighted by Gasteiger charge is -2.46. The van der Waals surface area contributed by atoms with Crippen molar-refractivity contribution in [2.75, 3.05) is 26.7 Å². The van der Waals surface area contributed by atoms with Crippen molar-refractivity contribution < 1.29 is 9.47 Å². The van der Waals surface area contributed by atoms with E-state index in [1.54, 1.807) is 7.11 Å². The van der Waals surface area contributed by atoms with Crippen LogP contribution in [0.25, 0.3) is 0 Å². The Labute approximate surface area is 149 Å². The van der Waals surface area contributed by atoms with Crippen molar-refractivity contribution in [3.05, 3.63) is 53.6 Å². The summed E-state index contributed by atoms with van der Waals surface area (Å²) in [6.45, 7) is 3.63. The molecule has 0 unspecified atom stereocenters. The molecule has 0 radical (unpaired) electrons. The molecule has 25 heavy (non-hydrogen) atoms. The number of methoxy groups -OCH3 is 1. The summed E-state index contributed by atoms with van der Waals surface area (Å²) < 4.78 is 11.9. The van der Waals surface area contributed by atoms with Crippen LogP contribution in [0.15, 0.2) is 42.5 Å². The van der Waals surface area contributed by atoms with E-state index in [0.717, 1.165) is 36.0 Å². The summed E-state index contributed by atoms with van der Waals surface area (Å²) in [4.78, 5) is 2.67. The van der Waals surface area contributed by atoms with Gasteiger partial charge in [-0.05, 0) is 56.8 Å². The van der Waals surface area contributed by atoms with E-state index >= 15 is 0 Å². The number of nitrogens with zero attached hydrogens (tertiary/aromatic N) is 1. The molecule has 3 heteroatoms. The molecule has 0 bridgehead atoms. The zero-order valence-corrected chi connectivity index (χ0v) is 14.8. The minimum atomic E-state index is 0.0543. The number of ether oxygens (including phenoxy) is 2. The smallest absolute Gasteiger partial charge is 0.173 e. The van der Waals surface area contributed by atoms with Crippen LogP contribution in [0.4, 0.5) is 0 Å². The summed E-state index contributed by atoms with van der Waals surface area (Å²) in [5, 5.41) is 0. The Hall–Kier alpha value is -2.00. The van der Waals surface area contributed by atoms with Gasteiger partial charge in [0.1, 0.15) is 5.75 Å². The predicted octanol–water partition coefficient (Wildman–Crippen LogP) is 4.59. The van der Waals surface area contributed by atoms with Gasteiger partial charge >= 0.3 is 0 Å². The summed E-state index contributed by atoms with van der Waals surface area (Å²) in [5.74, 6) is 3.71. The second-order valence-electron chi connectivity index (χ2n) is 7.76. The van der Waals surface area contributed by atoms with Crippen molar-refractivity contribution >= 4 is 0 Å². The normalized spacial score (nSPS) is 21.3. The van der Waals surface area contributed by atoms with Crippen molar-refractivity contribution in [2.24, 2.45) is 5.92 Å². The van der Waals surface area contributed by atoms with Crippen LogP contribution in [-0.2, 0) is 5.41 Å². The maximum Gasteiger partial charge on any atom is 0.173 e. The standard InChI is InChI=1S/C22H25NO2/c1-24-20-8-4-6-18-21(20)25-19-7-3-2-5-17(19)22(18)11-13-23(14-12-22)15-16-9-10-16/h2-8,16H,9-15H2,1H3. The molecule has 2 aromatic rings. The van der Waals surface area contributed by atoms with Crippen LogP contribution < -0.4 is 9.47 Å². The number of para-hydroxylation sites is 2. The quantitative estimate of drug-likeness (QED) is 0.819. The molecule has 130 valence electrons. The van der Waals surface area contributed by atoms with Crippen molar-refractivity contribution in [2.45, 2.75) is 31.1 Å². The molecule has 2 aromatic carbocycles. The van der Waals surface area contributed by atoms with E-state index in [0.29, 0.717) is 0 Å². The van der Waals surface area contributed by atoms with Crippen LogP contribution in [0.5, 0.6) is 17.2 Å². The minimum absolute atomic E-state index is 0.0543. The molecule has 3 nitrogen and oxygen atoms in total. The lowest BCUT2D eigenvalue weighted by atomic mass is 9.66. The molecule has 2 fully saturated rings. The maximum atomic E-state index is 6.29. The molecule has 2 heterocycles. The zero-order valence-electron chi connectivity index (χ0n) is 14.8. The first kappa shape index (κ1) is 15.3. The van der Waals surface area contributed by atoms with Crippen molar-refractivity contribution in [3.63, 3.8) is 0 Å². The van der Waals surface area contributed by atoms with Crippen molar-refractivity contribution in [3.8, 4) is 17.2 Å². The summed E-state index contributed by atoms with van der Waals surface area (Å²) in [6, 6.07) is 14.9. The van der Waals surface area contributed by atoms with Crippen molar-refractivity contribution in [1.82, 2.24) is 4.90 Å². The average Bonchev–Trinajstić information content (AvgIpc) is 3.47. The second kappa shape index (κ2) is 5.77. The zero-order chi connectivity index (χ0) is 16.9. The molecule has 1 saturated heterocycles. The van der Waals surface area contributed by atoms with Gasteiger partial charge in [-0.15, -0.1) is 0 Å². The molecule has 0 atom stereocenters. The van der Waals surface area contributed by atoms with Crippen LogP contribution in [0, 0.1) is 5.92 Å². The summed E-state index contributed by atoms with van der Waals surface area (Å²) in [6.07, 6.45) is 5.16. The van der Waals surface area contributed by atoms with Crippen molar-refractivity contribution in [1.29, 1.82) is 0 Å². The highest BCUT2D eigenvalue weighted by Crippen LogP contribution is 2.55. The number of hydrogen-bond acceptors (Lipinski definition) is 3. The van der Waals surface area contributed by atoms with Gasteiger partial charge in [-0.1, -0.05) is 30.3 Å². The SMILES string of the molecule is COc1cccc2c1Oc1ccccc1C21CCN(CC2CC2)CC1. The Morgan fingerprint density at radius 1 is 1.04 bits per heavy atom. The Morgan fingerprint density at radius 2 is 1.80 bits per heavy atom. The molecule has 1 saturated carbocycles. The van der Waals surface area contributed by atoms with Crippen LogP contribution in [0.3, 0.4) is 0 Å². The number of fused-ring (bicyclic) bond motifs is 4. The van der Waals surface area contributed by atoms with Gasteiger partial charge in [-0.2, -0.15) is 0 Å². The topological polar surface area (TPSA) is 21.7 Å². The fourth-order valence-corrected chi connectivity index (χ4v) is 4.69. The number of benzene rings is 2. The molecule has 3 aliphatic rings. The van der Waals surface area contributed by atoms with Gasteiger partial charge in [-0.3, -0.25) is 0 Å². The number of hydrogen-bond donors (Lipinski definition) is 0. The summed E-state index contributed by atoms with van der Waals surface area (Å²) in [7, 11) is 1.73. The third-order valence-corrected chi connectivity index (χ3v) is 6.25. The molecular formula is C22H25NO2. The lowest BCUT2D eigenvalue weighted by Crippen LogP contribution is -2.45. The van der Waals surface area contributed by atoms with Gasteiger partial charge in [0.2, 0.25) is 0 Å². The Kier molecular flexibility index (Phi) is 3.53. The van der Waals surface area contributed by atoms with E-state index in [9.17, 15) is 0 Å². The van der Waals surface area contributed by atoms with Gasteiger partial charge in [0.25, 0.3) is 0 Å². The first-order valence-electron chi connectivity index (χ1n) is 9.47. The molecule has 1 spiro atoms. The first-order valence-corrected chi connectivity index (χ1v) is 9.47. The molecule has 5 rings (SSSR count). The van der Waals surface area contributed by atoms with E-state index in [1.807, 2.05) is 6.07 Å². The number of piperidine rings is 1. The largest absolute Gasteiger partial charge is 0.493 e. The number of likely N-dealkylation sites (tertiary alicyclic amines) is 1. The van der Waals surface area contributed by atoms with E-state index in [2.05, 4.69) is 41.3 Å². The van der Waals surface area contributed by atoms with Crippen LogP contribution in [-0.4, -0.2) is 31.6 Å². The van der Waals surface area contributed by atoms with Gasteiger partial charge in [0.15, 0.2) is 11.5 Å². The Morgan fingerprint density at radius 3 is 2.56 bits per heavy atom. The third kappa shape index (κ3) is 2.44. The second-order valence-corrected chi connectivity index (χ2v) is 7.76. The third-order valence-electron chi connectivity index (χ3n) is 6.25. The van der Waals surface area contributed by atoms with E-state index in [1.165, 1.54) is 43.6 Å². The first-order chi connectivity index (χ1) is 12.3. The Bertz CT molecular complexity index is 788. The van der Waals surface area contributed by atoms with Crippen LogP contribution in [0.1, 0.15) is 36.8 Å². The fourth-order valence-electron chi connectivity index (χ4n) is 4.69. The number of rotatable bonds is 3. The van der Waals surface area contributed by atoms with Gasteiger partial charge in [0.05, 0.1) is 7.11 Å². The molecule has 1 aliphatic carbocycles. The fraction of sp³-hybridized carbons (Fsp3) is 0.455. The lowest BCUT2D eigenvalue weighted by molar-refractivity contribution is 0.165. The molecular weight excluding hydrogens is 310 g/mol. The molecule has 0 N–H and O–H groups in total. The van der Waals surface area contributed by atoms with Crippen LogP contribution in [0.2, 0.25) is 0 Å². The average molecular weight is 335 g/mol. The molecule has 0 aromatic heterocycles. The van der Waals surface area contributed by atoms with Gasteiger partial charge < -0.3 is 14.4 Å². The van der Waals surface area contributed by atoms with Gasteiger partial charge in [-0.25, -0.2) is 0 Å². The van der Waals surface area contributed by atoms with E-state index < -0.39 is 0 Å². The highest BCUT2D eigenvalue weighted by atomic mass is 16.5. The maximum absolute atomic E-state index is 6.29. The molecule has 0 amide bonds. The van der Waals surface area contributed by atoms with E-state index in [-0.39, 0.29) is 5.41 Å². The highest BCUT2D eigenvalue weighted by Gasteiger charge is 2.45. The predicted molar refractivity (Wildman–Crippen MR) is 98.7 cm³/mol. The summed E-state index contributed by atoms with van der Waals surface area (Å²) >= 11 is 0. The van der Waals surface area contributed by atoms with Crippen LogP contribution >= 0.6 is 0 Å². The minimum Gasteiger partial charge on any atom is -0.493 e. The van der Waals surface area contributed by atoms with E-state index in [4.69, 9.17) is 9.47 Å². The Balaban J connectivity index is 1.57. The molecule has 2 aliphatic heterocycles.